The van der Waals surface area contributed by atoms with Crippen LogP contribution < -0.4 is 0 Å². The van der Waals surface area contributed by atoms with E-state index >= 15 is 0 Å². The van der Waals surface area contributed by atoms with E-state index in [4.69, 9.17) is 0 Å². The monoisotopic (exact) mass is 197 g/mol. The van der Waals surface area contributed by atoms with E-state index < -0.39 is 0 Å². The number of aldehydes is 2. The lowest BCUT2D eigenvalue weighted by Crippen LogP contribution is -1.73. The lowest BCUT2D eigenvalue weighted by atomic mass is 10.5. The fourth-order valence-corrected chi connectivity index (χ4v) is 2.82. The van der Waals surface area contributed by atoms with Gasteiger partial charge in [-0.15, -0.1) is 22.7 Å². The van der Waals surface area contributed by atoms with Gasteiger partial charge in [0.05, 0.1) is 10.4 Å². The molecule has 0 aliphatic rings. The standard InChI is InChI=1S/C7H3NO2S2/c9-2-4-1-5-7(11-4)12-6(3-10)8-5/h1-3H. The number of thiophene rings is 1. The van der Waals surface area contributed by atoms with Crippen molar-refractivity contribution in [2.75, 3.05) is 0 Å². The van der Waals surface area contributed by atoms with Gasteiger partial charge in [-0.05, 0) is 6.07 Å². The Kier molecular flexibility index (Phi) is 1.74. The summed E-state index contributed by atoms with van der Waals surface area (Å²) in [6.07, 6.45) is 1.51. The van der Waals surface area contributed by atoms with E-state index in [-0.39, 0.29) is 0 Å². The van der Waals surface area contributed by atoms with Crippen LogP contribution in [0.15, 0.2) is 6.07 Å². The van der Waals surface area contributed by atoms with Gasteiger partial charge in [-0.25, -0.2) is 4.98 Å². The van der Waals surface area contributed by atoms with Crippen LogP contribution in [0, 0.1) is 0 Å². The summed E-state index contributed by atoms with van der Waals surface area (Å²) < 4.78 is 0.930. The molecule has 0 aliphatic carbocycles. The lowest BCUT2D eigenvalue weighted by Gasteiger charge is -1.73. The van der Waals surface area contributed by atoms with Crippen molar-refractivity contribution in [3.05, 3.63) is 16.0 Å². The van der Waals surface area contributed by atoms with E-state index in [0.717, 1.165) is 22.1 Å². The zero-order valence-corrected chi connectivity index (χ0v) is 7.45. The number of carbonyl (C=O) groups is 2. The third-order valence-corrected chi connectivity index (χ3v) is 3.48. The van der Waals surface area contributed by atoms with Crippen molar-refractivity contribution in [2.24, 2.45) is 0 Å². The van der Waals surface area contributed by atoms with Crippen LogP contribution in [-0.2, 0) is 0 Å². The van der Waals surface area contributed by atoms with Crippen molar-refractivity contribution in [1.82, 2.24) is 4.98 Å². The summed E-state index contributed by atoms with van der Waals surface area (Å²) in [6, 6.07) is 1.69. The molecule has 0 bridgehead atoms. The molecule has 12 heavy (non-hydrogen) atoms. The number of rotatable bonds is 2. The van der Waals surface area contributed by atoms with Gasteiger partial charge in [-0.3, -0.25) is 9.59 Å². The number of nitrogens with zero attached hydrogens (tertiary/aromatic N) is 1. The molecular formula is C7H3NO2S2. The van der Waals surface area contributed by atoms with Crippen molar-refractivity contribution in [2.45, 2.75) is 0 Å². The van der Waals surface area contributed by atoms with Crippen LogP contribution in [0.1, 0.15) is 19.5 Å². The Labute approximate surface area is 75.7 Å². The molecule has 2 aromatic rings. The van der Waals surface area contributed by atoms with E-state index in [1.54, 1.807) is 6.07 Å². The quantitative estimate of drug-likeness (QED) is 0.691. The second-order valence-electron chi connectivity index (χ2n) is 2.11. The fourth-order valence-electron chi connectivity index (χ4n) is 0.878. The molecule has 0 saturated carbocycles. The van der Waals surface area contributed by atoms with Gasteiger partial charge < -0.3 is 0 Å². The number of aromatic nitrogens is 1. The van der Waals surface area contributed by atoms with Gasteiger partial charge in [0.2, 0.25) is 0 Å². The molecule has 0 aromatic carbocycles. The number of thiazole rings is 1. The van der Waals surface area contributed by atoms with Gasteiger partial charge in [0.25, 0.3) is 0 Å². The predicted molar refractivity (Wildman–Crippen MR) is 48.3 cm³/mol. The Balaban J connectivity index is 2.66. The number of carbonyl (C=O) groups excluding carboxylic acids is 2. The summed E-state index contributed by atoms with van der Waals surface area (Å²) in [5.74, 6) is 0. The molecular weight excluding hydrogens is 194 g/mol. The molecule has 2 aromatic heterocycles. The maximum atomic E-state index is 10.3. The summed E-state index contributed by atoms with van der Waals surface area (Å²) in [5.41, 5.74) is 0.745. The molecule has 0 radical (unpaired) electrons. The third-order valence-electron chi connectivity index (χ3n) is 1.34. The van der Waals surface area contributed by atoms with Crippen molar-refractivity contribution < 1.29 is 9.59 Å². The van der Waals surface area contributed by atoms with E-state index in [9.17, 15) is 9.59 Å². The highest BCUT2D eigenvalue weighted by Gasteiger charge is 2.06. The molecule has 2 rings (SSSR count). The molecule has 60 valence electrons. The van der Waals surface area contributed by atoms with E-state index in [0.29, 0.717) is 9.88 Å². The normalized spacial score (nSPS) is 10.3. The minimum atomic E-state index is 0.466. The molecule has 0 N–H and O–H groups in total. The Hall–Kier alpha value is -1.07. The largest absolute Gasteiger partial charge is 0.297 e. The van der Waals surface area contributed by atoms with Gasteiger partial charge in [0.15, 0.2) is 17.6 Å². The summed E-state index contributed by atoms with van der Waals surface area (Å²) in [6.45, 7) is 0. The average molecular weight is 197 g/mol. The van der Waals surface area contributed by atoms with Crippen LogP contribution in [0.4, 0.5) is 0 Å². The van der Waals surface area contributed by atoms with Crippen LogP contribution in [0.5, 0.6) is 0 Å². The molecule has 0 saturated heterocycles. The smallest absolute Gasteiger partial charge is 0.178 e. The second kappa shape index (κ2) is 2.76. The Morgan fingerprint density at radius 1 is 1.25 bits per heavy atom. The van der Waals surface area contributed by atoms with Gasteiger partial charge >= 0.3 is 0 Å². The highest BCUT2D eigenvalue weighted by Crippen LogP contribution is 2.29. The first-order chi connectivity index (χ1) is 5.83. The van der Waals surface area contributed by atoms with Crippen LogP contribution in [0.2, 0.25) is 0 Å². The van der Waals surface area contributed by atoms with E-state index in [1.165, 1.54) is 22.7 Å². The zero-order chi connectivity index (χ0) is 8.55. The van der Waals surface area contributed by atoms with Crippen molar-refractivity contribution in [3.63, 3.8) is 0 Å². The number of fused-ring (bicyclic) bond motifs is 1. The molecule has 0 amide bonds. The van der Waals surface area contributed by atoms with Gasteiger partial charge in [0.1, 0.15) is 4.01 Å². The molecule has 0 unspecified atom stereocenters. The lowest BCUT2D eigenvalue weighted by molar-refractivity contribution is 0.111. The molecule has 5 heteroatoms. The molecule has 3 nitrogen and oxygen atoms in total. The predicted octanol–water partition coefficient (Wildman–Crippen LogP) is 1.98. The van der Waals surface area contributed by atoms with E-state index in [1.807, 2.05) is 0 Å². The first-order valence-electron chi connectivity index (χ1n) is 3.14. The maximum Gasteiger partial charge on any atom is 0.178 e. The topological polar surface area (TPSA) is 47.0 Å². The zero-order valence-electron chi connectivity index (χ0n) is 5.81. The Morgan fingerprint density at radius 2 is 2.08 bits per heavy atom. The van der Waals surface area contributed by atoms with Crippen LogP contribution >= 0.6 is 22.7 Å². The molecule has 0 fully saturated rings. The first kappa shape index (κ1) is 7.57. The second-order valence-corrected chi connectivity index (χ2v) is 4.48. The highest BCUT2D eigenvalue weighted by atomic mass is 32.2. The highest BCUT2D eigenvalue weighted by molar-refractivity contribution is 7.39. The van der Waals surface area contributed by atoms with Crippen molar-refractivity contribution >= 4 is 44.8 Å². The SMILES string of the molecule is O=Cc1cc2nc(C=O)sc2s1. The van der Waals surface area contributed by atoms with Crippen LogP contribution in [0.25, 0.3) is 9.53 Å². The van der Waals surface area contributed by atoms with Crippen molar-refractivity contribution in [3.8, 4) is 0 Å². The average Bonchev–Trinajstić information content (AvgIpc) is 2.59. The van der Waals surface area contributed by atoms with Crippen LogP contribution in [0.3, 0.4) is 0 Å². The van der Waals surface area contributed by atoms with Crippen LogP contribution in [-0.4, -0.2) is 17.6 Å². The van der Waals surface area contributed by atoms with Gasteiger partial charge in [-0.1, -0.05) is 0 Å². The molecule has 0 spiro atoms. The third kappa shape index (κ3) is 1.07. The Morgan fingerprint density at radius 3 is 2.67 bits per heavy atom. The van der Waals surface area contributed by atoms with Crippen molar-refractivity contribution in [1.29, 1.82) is 0 Å². The molecule has 2 heterocycles. The minimum Gasteiger partial charge on any atom is -0.297 e. The van der Waals surface area contributed by atoms with Gasteiger partial charge in [0, 0.05) is 0 Å². The Bertz CT molecular complexity index is 374. The fraction of sp³-hybridized carbons (Fsp3) is 0. The minimum absolute atomic E-state index is 0.466. The maximum absolute atomic E-state index is 10.3. The summed E-state index contributed by atoms with van der Waals surface area (Å²) in [7, 11) is 0. The molecule has 0 atom stereocenters. The first-order valence-corrected chi connectivity index (χ1v) is 4.77. The molecule has 0 aliphatic heterocycles. The van der Waals surface area contributed by atoms with E-state index in [2.05, 4.69) is 4.98 Å². The summed E-state index contributed by atoms with van der Waals surface area (Å²) in [5, 5.41) is 0.466. The summed E-state index contributed by atoms with van der Waals surface area (Å²) in [4.78, 5) is 25.3. The number of hydrogen-bond donors (Lipinski definition) is 0. The van der Waals surface area contributed by atoms with Gasteiger partial charge in [-0.2, -0.15) is 0 Å². The summed E-state index contributed by atoms with van der Waals surface area (Å²) >= 11 is 2.68. The number of hydrogen-bond acceptors (Lipinski definition) is 5.